The van der Waals surface area contributed by atoms with Gasteiger partial charge in [0, 0.05) is 11.1 Å². The largest absolute Gasteiger partial charge is 0.479 e. The Morgan fingerprint density at radius 2 is 2.11 bits per heavy atom. The molecule has 0 bridgehead atoms. The molecule has 0 saturated heterocycles. The molecule has 3 heterocycles. The van der Waals surface area contributed by atoms with Gasteiger partial charge in [0.05, 0.1) is 27.8 Å². The SMILES string of the molecule is CC1(C)C=Cc2c(-c3[nH]c4cn[nH]c(=O)c4c3Cl)ccc(OC(F)F)c2O1. The number of hydrogen-bond acceptors (Lipinski definition) is 4. The number of rotatable bonds is 3. The van der Waals surface area contributed by atoms with Crippen molar-refractivity contribution < 1.29 is 18.3 Å². The van der Waals surface area contributed by atoms with Crippen LogP contribution in [0.4, 0.5) is 8.78 Å². The molecule has 4 rings (SSSR count). The highest BCUT2D eigenvalue weighted by Crippen LogP contribution is 2.46. The highest BCUT2D eigenvalue weighted by Gasteiger charge is 2.29. The molecule has 0 saturated carbocycles. The van der Waals surface area contributed by atoms with Crippen LogP contribution in [0.5, 0.6) is 11.5 Å². The van der Waals surface area contributed by atoms with E-state index in [1.807, 2.05) is 0 Å². The average molecular weight is 394 g/mol. The number of ether oxygens (including phenoxy) is 2. The van der Waals surface area contributed by atoms with E-state index in [0.717, 1.165) is 0 Å². The van der Waals surface area contributed by atoms with Gasteiger partial charge in [-0.1, -0.05) is 17.7 Å². The lowest BCUT2D eigenvalue weighted by molar-refractivity contribution is -0.0526. The summed E-state index contributed by atoms with van der Waals surface area (Å²) in [5.41, 5.74) is 0.889. The summed E-state index contributed by atoms with van der Waals surface area (Å²) < 4.78 is 36.0. The normalized spacial score (nSPS) is 15.0. The number of nitrogens with one attached hydrogen (secondary N) is 2. The third-order valence-electron chi connectivity index (χ3n) is 4.22. The first-order chi connectivity index (χ1) is 12.8. The summed E-state index contributed by atoms with van der Waals surface area (Å²) in [5, 5.41) is 6.55. The van der Waals surface area contributed by atoms with Gasteiger partial charge >= 0.3 is 6.61 Å². The number of halogens is 3. The fourth-order valence-corrected chi connectivity index (χ4v) is 3.39. The van der Waals surface area contributed by atoms with E-state index in [9.17, 15) is 13.6 Å². The predicted octanol–water partition coefficient (Wildman–Crippen LogP) is 4.36. The monoisotopic (exact) mass is 393 g/mol. The third kappa shape index (κ3) is 2.95. The molecule has 0 amide bonds. The second kappa shape index (κ2) is 6.09. The molecule has 3 aromatic rings. The first-order valence-electron chi connectivity index (χ1n) is 8.02. The van der Waals surface area contributed by atoms with Crippen molar-refractivity contribution in [3.63, 3.8) is 0 Å². The average Bonchev–Trinajstić information content (AvgIpc) is 2.92. The summed E-state index contributed by atoms with van der Waals surface area (Å²) >= 11 is 6.42. The van der Waals surface area contributed by atoms with Gasteiger partial charge in [-0.2, -0.15) is 13.9 Å². The maximum Gasteiger partial charge on any atom is 0.387 e. The van der Waals surface area contributed by atoms with Crippen molar-refractivity contribution >= 4 is 28.6 Å². The Balaban J connectivity index is 1.97. The van der Waals surface area contributed by atoms with Crippen molar-refractivity contribution in [2.75, 3.05) is 0 Å². The van der Waals surface area contributed by atoms with Crippen LogP contribution in [0.3, 0.4) is 0 Å². The molecule has 27 heavy (non-hydrogen) atoms. The Hall–Kier alpha value is -2.87. The number of fused-ring (bicyclic) bond motifs is 2. The van der Waals surface area contributed by atoms with E-state index in [-0.39, 0.29) is 21.9 Å². The van der Waals surface area contributed by atoms with Crippen molar-refractivity contribution in [1.82, 2.24) is 15.2 Å². The second-order valence-electron chi connectivity index (χ2n) is 6.57. The molecule has 0 spiro atoms. The van der Waals surface area contributed by atoms with Crippen LogP contribution in [0.1, 0.15) is 19.4 Å². The van der Waals surface area contributed by atoms with Gasteiger partial charge in [0.2, 0.25) is 0 Å². The van der Waals surface area contributed by atoms with Gasteiger partial charge in [-0.25, -0.2) is 5.10 Å². The molecular formula is C18H14ClF2N3O3. The molecule has 6 nitrogen and oxygen atoms in total. The molecular weight excluding hydrogens is 380 g/mol. The number of nitrogens with zero attached hydrogens (tertiary/aromatic N) is 1. The fourth-order valence-electron chi connectivity index (χ4n) is 3.05. The number of alkyl halides is 2. The van der Waals surface area contributed by atoms with Gasteiger partial charge in [-0.3, -0.25) is 4.79 Å². The molecule has 0 aliphatic carbocycles. The van der Waals surface area contributed by atoms with E-state index in [4.69, 9.17) is 16.3 Å². The lowest BCUT2D eigenvalue weighted by Crippen LogP contribution is -2.28. The number of aromatic amines is 2. The Kier molecular flexibility index (Phi) is 3.96. The Labute approximate surface area is 156 Å². The van der Waals surface area contributed by atoms with Crippen molar-refractivity contribution in [3.8, 4) is 22.8 Å². The fraction of sp³-hybridized carbons (Fsp3) is 0.222. The van der Waals surface area contributed by atoms with Crippen molar-refractivity contribution in [2.24, 2.45) is 0 Å². The highest BCUT2D eigenvalue weighted by atomic mass is 35.5. The van der Waals surface area contributed by atoms with Crippen LogP contribution < -0.4 is 15.0 Å². The van der Waals surface area contributed by atoms with Crippen LogP contribution in [0.15, 0.2) is 29.2 Å². The van der Waals surface area contributed by atoms with Crippen LogP contribution in [0.25, 0.3) is 28.2 Å². The van der Waals surface area contributed by atoms with Crippen molar-refractivity contribution in [1.29, 1.82) is 0 Å². The molecule has 1 aliphatic rings. The van der Waals surface area contributed by atoms with E-state index in [1.54, 1.807) is 32.1 Å². The molecule has 2 N–H and O–H groups in total. The van der Waals surface area contributed by atoms with Gasteiger partial charge < -0.3 is 14.5 Å². The quantitative estimate of drug-likeness (QED) is 0.693. The standard InChI is InChI=1S/C18H14ClF2N3O3/c1-18(2)6-5-9-8(3-4-11(15(9)27-18)26-17(20)21)14-13(19)12-10(23-14)7-22-24-16(12)25/h3-7,17,23H,1-2H3,(H,24,25). The van der Waals surface area contributed by atoms with E-state index in [0.29, 0.717) is 22.3 Å². The van der Waals surface area contributed by atoms with E-state index in [2.05, 4.69) is 19.9 Å². The molecule has 1 aliphatic heterocycles. The Bertz CT molecular complexity index is 1130. The zero-order chi connectivity index (χ0) is 19.3. The lowest BCUT2D eigenvalue weighted by Gasteiger charge is -2.30. The third-order valence-corrected chi connectivity index (χ3v) is 4.59. The molecule has 0 radical (unpaired) electrons. The van der Waals surface area contributed by atoms with Crippen LogP contribution in [-0.4, -0.2) is 27.4 Å². The first-order valence-corrected chi connectivity index (χ1v) is 8.40. The van der Waals surface area contributed by atoms with Crippen LogP contribution >= 0.6 is 11.6 Å². The summed E-state index contributed by atoms with van der Waals surface area (Å²) in [4.78, 5) is 15.1. The van der Waals surface area contributed by atoms with Crippen LogP contribution in [-0.2, 0) is 0 Å². The number of hydrogen-bond donors (Lipinski definition) is 2. The van der Waals surface area contributed by atoms with E-state index < -0.39 is 17.8 Å². The first kappa shape index (κ1) is 17.5. The molecule has 0 fully saturated rings. The summed E-state index contributed by atoms with van der Waals surface area (Å²) in [5.74, 6) is 0.106. The smallest absolute Gasteiger partial charge is 0.387 e. The maximum absolute atomic E-state index is 12.8. The van der Waals surface area contributed by atoms with Crippen LogP contribution in [0, 0.1) is 0 Å². The Morgan fingerprint density at radius 1 is 1.33 bits per heavy atom. The summed E-state index contributed by atoms with van der Waals surface area (Å²) in [6.45, 7) is 0.609. The van der Waals surface area contributed by atoms with Crippen molar-refractivity contribution in [3.05, 3.63) is 45.3 Å². The van der Waals surface area contributed by atoms with Gasteiger partial charge in [0.1, 0.15) is 5.60 Å². The van der Waals surface area contributed by atoms with Gasteiger partial charge in [-0.05, 0) is 32.1 Å². The minimum atomic E-state index is -2.99. The van der Waals surface area contributed by atoms with E-state index in [1.165, 1.54) is 12.3 Å². The molecule has 0 atom stereocenters. The van der Waals surface area contributed by atoms with Gasteiger partial charge in [0.15, 0.2) is 11.5 Å². The van der Waals surface area contributed by atoms with Crippen molar-refractivity contribution in [2.45, 2.75) is 26.1 Å². The van der Waals surface area contributed by atoms with Gasteiger partial charge in [0.25, 0.3) is 5.56 Å². The number of H-pyrrole nitrogens is 2. The molecule has 9 heteroatoms. The molecule has 140 valence electrons. The summed E-state index contributed by atoms with van der Waals surface area (Å²) in [7, 11) is 0. The van der Waals surface area contributed by atoms with E-state index >= 15 is 0 Å². The lowest BCUT2D eigenvalue weighted by atomic mass is 9.96. The zero-order valence-corrected chi connectivity index (χ0v) is 15.0. The summed E-state index contributed by atoms with van der Waals surface area (Å²) in [6, 6.07) is 2.97. The molecule has 1 aromatic carbocycles. The zero-order valence-electron chi connectivity index (χ0n) is 14.3. The topological polar surface area (TPSA) is 80.0 Å². The Morgan fingerprint density at radius 3 is 2.81 bits per heavy atom. The number of benzene rings is 1. The van der Waals surface area contributed by atoms with Gasteiger partial charge in [-0.15, -0.1) is 0 Å². The number of aromatic nitrogens is 3. The highest BCUT2D eigenvalue weighted by molar-refractivity contribution is 6.38. The maximum atomic E-state index is 12.8. The summed E-state index contributed by atoms with van der Waals surface area (Å²) in [6.07, 6.45) is 5.01. The molecule has 2 aromatic heterocycles. The predicted molar refractivity (Wildman–Crippen MR) is 97.5 cm³/mol. The minimum absolute atomic E-state index is 0.0760. The second-order valence-corrected chi connectivity index (χ2v) is 6.95. The molecule has 0 unspecified atom stereocenters. The minimum Gasteiger partial charge on any atom is -0.479 e. The van der Waals surface area contributed by atoms with Crippen LogP contribution in [0.2, 0.25) is 5.02 Å².